The summed E-state index contributed by atoms with van der Waals surface area (Å²) < 4.78 is 0. The Hall–Kier alpha value is -1.60. The zero-order chi connectivity index (χ0) is 12.1. The minimum atomic E-state index is -0.364. The van der Waals surface area contributed by atoms with Crippen LogP contribution in [0, 0.1) is 0 Å². The fourth-order valence-electron chi connectivity index (χ4n) is 2.10. The number of hydrogen-bond donors (Lipinski definition) is 1. The Bertz CT molecular complexity index is 462. The fourth-order valence-corrected chi connectivity index (χ4v) is 2.10. The summed E-state index contributed by atoms with van der Waals surface area (Å²) in [5.41, 5.74) is 3.33. The summed E-state index contributed by atoms with van der Waals surface area (Å²) in [4.78, 5) is 0. The van der Waals surface area contributed by atoms with Gasteiger partial charge in [0, 0.05) is 0 Å². The van der Waals surface area contributed by atoms with Gasteiger partial charge in [-0.25, -0.2) is 0 Å². The first-order valence-corrected chi connectivity index (χ1v) is 6.15. The molecular weight excluding hydrogens is 208 g/mol. The zero-order valence-electron chi connectivity index (χ0n) is 10.1. The summed E-state index contributed by atoms with van der Waals surface area (Å²) >= 11 is 0. The van der Waals surface area contributed by atoms with Crippen LogP contribution in [0.3, 0.4) is 0 Å². The van der Waals surface area contributed by atoms with Crippen LogP contribution in [0.1, 0.15) is 31.4 Å². The molecule has 88 valence electrons. The fraction of sp³-hybridized carbons (Fsp3) is 0.250. The van der Waals surface area contributed by atoms with Crippen molar-refractivity contribution in [3.8, 4) is 11.1 Å². The molecule has 0 aliphatic heterocycles. The minimum Gasteiger partial charge on any atom is -0.388 e. The second-order valence-corrected chi connectivity index (χ2v) is 4.26. The van der Waals surface area contributed by atoms with Gasteiger partial charge in [0.15, 0.2) is 0 Å². The molecule has 1 atom stereocenters. The molecule has 0 fully saturated rings. The van der Waals surface area contributed by atoms with Gasteiger partial charge in [-0.05, 0) is 23.1 Å². The van der Waals surface area contributed by atoms with Gasteiger partial charge in [-0.2, -0.15) is 0 Å². The maximum absolute atomic E-state index is 10.2. The van der Waals surface area contributed by atoms with E-state index < -0.39 is 0 Å². The molecule has 2 aromatic rings. The predicted octanol–water partition coefficient (Wildman–Crippen LogP) is 4.19. The van der Waals surface area contributed by atoms with E-state index in [1.165, 1.54) is 5.56 Å². The molecule has 1 N–H and O–H groups in total. The van der Waals surface area contributed by atoms with E-state index in [1.54, 1.807) is 0 Å². The van der Waals surface area contributed by atoms with Crippen molar-refractivity contribution in [1.82, 2.24) is 0 Å². The average Bonchev–Trinajstić information content (AvgIpc) is 2.40. The zero-order valence-corrected chi connectivity index (χ0v) is 10.1. The van der Waals surface area contributed by atoms with Gasteiger partial charge in [0.25, 0.3) is 0 Å². The molecule has 0 saturated heterocycles. The molecule has 0 radical (unpaired) electrons. The Labute approximate surface area is 103 Å². The van der Waals surface area contributed by atoms with E-state index in [0.29, 0.717) is 0 Å². The van der Waals surface area contributed by atoms with Crippen LogP contribution in [-0.2, 0) is 0 Å². The smallest absolute Gasteiger partial charge is 0.0795 e. The van der Waals surface area contributed by atoms with E-state index in [1.807, 2.05) is 36.4 Å². The molecule has 17 heavy (non-hydrogen) atoms. The van der Waals surface area contributed by atoms with Crippen LogP contribution in [0.15, 0.2) is 54.6 Å². The third kappa shape index (κ3) is 2.75. The van der Waals surface area contributed by atoms with Gasteiger partial charge in [-0.3, -0.25) is 0 Å². The first-order valence-electron chi connectivity index (χ1n) is 6.15. The molecule has 0 heterocycles. The van der Waals surface area contributed by atoms with E-state index in [0.717, 1.165) is 24.0 Å². The summed E-state index contributed by atoms with van der Waals surface area (Å²) in [6, 6.07) is 18.3. The Balaban J connectivity index is 2.41. The summed E-state index contributed by atoms with van der Waals surface area (Å²) in [5.74, 6) is 0. The molecule has 2 aromatic carbocycles. The maximum Gasteiger partial charge on any atom is 0.0795 e. The highest BCUT2D eigenvalue weighted by Crippen LogP contribution is 2.29. The largest absolute Gasteiger partial charge is 0.388 e. The van der Waals surface area contributed by atoms with Crippen molar-refractivity contribution in [3.63, 3.8) is 0 Å². The van der Waals surface area contributed by atoms with Crippen LogP contribution >= 0.6 is 0 Å². The lowest BCUT2D eigenvalue weighted by Crippen LogP contribution is -1.99. The SMILES string of the molecule is CCC[C@H](O)c1ccccc1-c1ccccc1. The first kappa shape index (κ1) is 11.9. The number of hydrogen-bond acceptors (Lipinski definition) is 1. The van der Waals surface area contributed by atoms with Crippen molar-refractivity contribution >= 4 is 0 Å². The molecule has 0 saturated carbocycles. The monoisotopic (exact) mass is 226 g/mol. The van der Waals surface area contributed by atoms with Crippen LogP contribution in [0.4, 0.5) is 0 Å². The van der Waals surface area contributed by atoms with Gasteiger partial charge in [0.05, 0.1) is 6.10 Å². The second kappa shape index (κ2) is 5.65. The van der Waals surface area contributed by atoms with Crippen LogP contribution < -0.4 is 0 Å². The van der Waals surface area contributed by atoms with Crippen molar-refractivity contribution < 1.29 is 5.11 Å². The van der Waals surface area contributed by atoms with E-state index in [2.05, 4.69) is 25.1 Å². The predicted molar refractivity (Wildman–Crippen MR) is 71.7 cm³/mol. The van der Waals surface area contributed by atoms with Gasteiger partial charge in [-0.15, -0.1) is 0 Å². The molecule has 0 aromatic heterocycles. The van der Waals surface area contributed by atoms with Crippen LogP contribution in [0.25, 0.3) is 11.1 Å². The van der Waals surface area contributed by atoms with Gasteiger partial charge in [-0.1, -0.05) is 67.9 Å². The molecule has 0 unspecified atom stereocenters. The van der Waals surface area contributed by atoms with Gasteiger partial charge in [0.1, 0.15) is 0 Å². The average molecular weight is 226 g/mol. The van der Waals surface area contributed by atoms with Gasteiger partial charge in [0.2, 0.25) is 0 Å². The Morgan fingerprint density at radius 1 is 0.941 bits per heavy atom. The van der Waals surface area contributed by atoms with E-state index in [9.17, 15) is 5.11 Å². The van der Waals surface area contributed by atoms with E-state index in [4.69, 9.17) is 0 Å². The third-order valence-corrected chi connectivity index (χ3v) is 2.97. The Morgan fingerprint density at radius 3 is 2.29 bits per heavy atom. The van der Waals surface area contributed by atoms with E-state index in [-0.39, 0.29) is 6.10 Å². The number of benzene rings is 2. The minimum absolute atomic E-state index is 0.364. The van der Waals surface area contributed by atoms with Crippen molar-refractivity contribution in [3.05, 3.63) is 60.2 Å². The molecular formula is C16H18O. The summed E-state index contributed by atoms with van der Waals surface area (Å²) in [7, 11) is 0. The lowest BCUT2D eigenvalue weighted by Gasteiger charge is -2.15. The summed E-state index contributed by atoms with van der Waals surface area (Å²) in [6.45, 7) is 2.09. The lowest BCUT2D eigenvalue weighted by atomic mass is 9.94. The molecule has 2 rings (SSSR count). The molecule has 1 nitrogen and oxygen atoms in total. The summed E-state index contributed by atoms with van der Waals surface area (Å²) in [5, 5.41) is 10.2. The summed E-state index contributed by atoms with van der Waals surface area (Å²) in [6.07, 6.45) is 1.44. The van der Waals surface area contributed by atoms with Crippen LogP contribution in [0.2, 0.25) is 0 Å². The highest BCUT2D eigenvalue weighted by molar-refractivity contribution is 5.67. The molecule has 0 bridgehead atoms. The highest BCUT2D eigenvalue weighted by Gasteiger charge is 2.11. The third-order valence-electron chi connectivity index (χ3n) is 2.97. The topological polar surface area (TPSA) is 20.2 Å². The van der Waals surface area contributed by atoms with E-state index >= 15 is 0 Å². The molecule has 0 spiro atoms. The van der Waals surface area contributed by atoms with Gasteiger partial charge < -0.3 is 5.11 Å². The van der Waals surface area contributed by atoms with Gasteiger partial charge >= 0.3 is 0 Å². The number of rotatable bonds is 4. The molecule has 0 aliphatic carbocycles. The van der Waals surface area contributed by atoms with Crippen molar-refractivity contribution in [2.24, 2.45) is 0 Å². The Morgan fingerprint density at radius 2 is 1.59 bits per heavy atom. The van der Waals surface area contributed by atoms with Crippen LogP contribution in [0.5, 0.6) is 0 Å². The second-order valence-electron chi connectivity index (χ2n) is 4.26. The highest BCUT2D eigenvalue weighted by atomic mass is 16.3. The number of aliphatic hydroxyl groups is 1. The molecule has 0 amide bonds. The lowest BCUT2D eigenvalue weighted by molar-refractivity contribution is 0.167. The van der Waals surface area contributed by atoms with Crippen molar-refractivity contribution in [1.29, 1.82) is 0 Å². The quantitative estimate of drug-likeness (QED) is 0.828. The first-order chi connectivity index (χ1) is 8.33. The maximum atomic E-state index is 10.2. The number of aliphatic hydroxyl groups excluding tert-OH is 1. The van der Waals surface area contributed by atoms with Crippen LogP contribution in [-0.4, -0.2) is 5.11 Å². The van der Waals surface area contributed by atoms with Crippen molar-refractivity contribution in [2.45, 2.75) is 25.9 Å². The standard InChI is InChI=1S/C16H18O/c1-2-8-16(17)15-12-7-6-11-14(15)13-9-4-3-5-10-13/h3-7,9-12,16-17H,2,8H2,1H3/t16-/m0/s1. The Kier molecular flexibility index (Phi) is 3.94. The molecule has 1 heteroatoms. The van der Waals surface area contributed by atoms with Crippen molar-refractivity contribution in [2.75, 3.05) is 0 Å². The normalized spacial score (nSPS) is 12.4. The molecule has 0 aliphatic rings.